The quantitative estimate of drug-likeness (QED) is 0.798. The van der Waals surface area contributed by atoms with Gasteiger partial charge in [0.25, 0.3) is 5.91 Å². The number of carbonyl (C=O) groups excluding carboxylic acids is 1. The molecule has 0 radical (unpaired) electrons. The van der Waals surface area contributed by atoms with Crippen molar-refractivity contribution < 1.29 is 4.79 Å². The minimum Gasteiger partial charge on any atom is -0.330 e. The number of nitrogens with one attached hydrogen (secondary N) is 1. The molecule has 0 unspecified atom stereocenters. The van der Waals surface area contributed by atoms with Crippen molar-refractivity contribution in [1.29, 1.82) is 0 Å². The van der Waals surface area contributed by atoms with E-state index in [1.807, 2.05) is 30.3 Å². The van der Waals surface area contributed by atoms with Gasteiger partial charge in [0.1, 0.15) is 6.33 Å². The van der Waals surface area contributed by atoms with Gasteiger partial charge in [-0.3, -0.25) is 9.89 Å². The molecule has 0 saturated carbocycles. The van der Waals surface area contributed by atoms with Crippen molar-refractivity contribution in [3.63, 3.8) is 0 Å². The topological polar surface area (TPSA) is 87.9 Å². The smallest absolute Gasteiger partial charge is 0.291 e. The minimum absolute atomic E-state index is 0.193. The average molecular weight is 245 g/mol. The third-order valence-corrected chi connectivity index (χ3v) is 2.52. The van der Waals surface area contributed by atoms with E-state index < -0.39 is 0 Å². The summed E-state index contributed by atoms with van der Waals surface area (Å²) in [6.07, 6.45) is 1.32. The number of nitrogens with two attached hydrogens (primary N) is 1. The number of rotatable bonds is 5. The van der Waals surface area contributed by atoms with E-state index in [1.165, 1.54) is 6.33 Å². The molecule has 0 spiro atoms. The predicted octanol–water partition coefficient (Wildman–Crippen LogP) is 0.406. The zero-order valence-corrected chi connectivity index (χ0v) is 9.91. The zero-order chi connectivity index (χ0) is 12.8. The van der Waals surface area contributed by atoms with E-state index in [4.69, 9.17) is 5.73 Å². The first kappa shape index (κ1) is 12.3. The van der Waals surface area contributed by atoms with E-state index in [2.05, 4.69) is 15.2 Å². The Labute approximate surface area is 105 Å². The zero-order valence-electron chi connectivity index (χ0n) is 9.91. The van der Waals surface area contributed by atoms with Crippen LogP contribution in [0.3, 0.4) is 0 Å². The maximum atomic E-state index is 12.1. The predicted molar refractivity (Wildman–Crippen MR) is 66.6 cm³/mol. The molecular weight excluding hydrogens is 230 g/mol. The van der Waals surface area contributed by atoms with Gasteiger partial charge < -0.3 is 10.6 Å². The Hall–Kier alpha value is -2.21. The molecule has 2 rings (SSSR count). The summed E-state index contributed by atoms with van der Waals surface area (Å²) in [6, 6.07) is 9.76. The number of H-pyrrole nitrogens is 1. The fraction of sp³-hybridized carbons (Fsp3) is 0.250. The second-order valence-corrected chi connectivity index (χ2v) is 3.84. The van der Waals surface area contributed by atoms with Crippen LogP contribution in [-0.2, 0) is 6.54 Å². The number of aromatic amines is 1. The summed E-state index contributed by atoms with van der Waals surface area (Å²) < 4.78 is 0. The first-order valence-corrected chi connectivity index (χ1v) is 5.70. The van der Waals surface area contributed by atoms with Gasteiger partial charge in [-0.2, -0.15) is 5.10 Å². The fourth-order valence-electron chi connectivity index (χ4n) is 1.67. The highest BCUT2D eigenvalue weighted by atomic mass is 16.2. The van der Waals surface area contributed by atoms with Crippen LogP contribution >= 0.6 is 0 Å². The van der Waals surface area contributed by atoms with Crippen molar-refractivity contribution in [2.75, 3.05) is 13.1 Å². The highest BCUT2D eigenvalue weighted by Crippen LogP contribution is 2.06. The summed E-state index contributed by atoms with van der Waals surface area (Å²) in [5.74, 6) is 0.0428. The van der Waals surface area contributed by atoms with E-state index >= 15 is 0 Å². The summed E-state index contributed by atoms with van der Waals surface area (Å²) in [5.41, 5.74) is 6.59. The summed E-state index contributed by atoms with van der Waals surface area (Å²) in [4.78, 5) is 17.6. The average Bonchev–Trinajstić information content (AvgIpc) is 2.92. The number of amides is 1. The lowest BCUT2D eigenvalue weighted by atomic mass is 10.2. The van der Waals surface area contributed by atoms with Gasteiger partial charge in [0.05, 0.1) is 0 Å². The molecule has 0 atom stereocenters. The van der Waals surface area contributed by atoms with Gasteiger partial charge in [-0.1, -0.05) is 30.3 Å². The van der Waals surface area contributed by atoms with Gasteiger partial charge in [-0.25, -0.2) is 4.98 Å². The van der Waals surface area contributed by atoms with Gasteiger partial charge in [-0.15, -0.1) is 0 Å². The Bertz CT molecular complexity index is 482. The Morgan fingerprint density at radius 3 is 2.72 bits per heavy atom. The molecule has 0 aliphatic rings. The maximum absolute atomic E-state index is 12.1. The molecule has 0 aliphatic heterocycles. The minimum atomic E-state index is -0.193. The molecule has 1 aromatic carbocycles. The Kier molecular flexibility index (Phi) is 4.03. The summed E-state index contributed by atoms with van der Waals surface area (Å²) in [6.45, 7) is 1.40. The summed E-state index contributed by atoms with van der Waals surface area (Å²) >= 11 is 0. The van der Waals surface area contributed by atoms with Crippen molar-refractivity contribution in [2.24, 2.45) is 5.73 Å². The van der Waals surface area contributed by atoms with Crippen LogP contribution in [0.2, 0.25) is 0 Å². The molecule has 1 aromatic heterocycles. The summed E-state index contributed by atoms with van der Waals surface area (Å²) in [5, 5.41) is 6.25. The van der Waals surface area contributed by atoms with Crippen molar-refractivity contribution in [3.8, 4) is 0 Å². The molecule has 94 valence electrons. The van der Waals surface area contributed by atoms with Crippen LogP contribution in [0.1, 0.15) is 16.2 Å². The third kappa shape index (κ3) is 2.92. The number of carbonyl (C=O) groups is 1. The molecule has 2 aromatic rings. The molecule has 3 N–H and O–H groups in total. The number of aromatic nitrogens is 3. The Morgan fingerprint density at radius 2 is 2.11 bits per heavy atom. The molecule has 1 amide bonds. The molecule has 0 saturated heterocycles. The van der Waals surface area contributed by atoms with Crippen LogP contribution < -0.4 is 5.73 Å². The van der Waals surface area contributed by atoms with Gasteiger partial charge >= 0.3 is 0 Å². The molecule has 6 heteroatoms. The van der Waals surface area contributed by atoms with Gasteiger partial charge in [0, 0.05) is 19.6 Å². The van der Waals surface area contributed by atoms with Crippen molar-refractivity contribution in [2.45, 2.75) is 6.54 Å². The normalized spacial score (nSPS) is 10.3. The van der Waals surface area contributed by atoms with Gasteiger partial charge in [-0.05, 0) is 5.56 Å². The van der Waals surface area contributed by atoms with Gasteiger partial charge in [0.15, 0.2) is 0 Å². The van der Waals surface area contributed by atoms with Crippen LogP contribution in [0.4, 0.5) is 0 Å². The van der Waals surface area contributed by atoms with Crippen LogP contribution in [0.25, 0.3) is 0 Å². The maximum Gasteiger partial charge on any atom is 0.291 e. The SMILES string of the molecule is NCCN(Cc1ccccc1)C(=O)c1ncn[nH]1. The van der Waals surface area contributed by atoms with Crippen molar-refractivity contribution >= 4 is 5.91 Å². The molecule has 18 heavy (non-hydrogen) atoms. The Morgan fingerprint density at radius 1 is 1.33 bits per heavy atom. The van der Waals surface area contributed by atoms with Crippen LogP contribution in [-0.4, -0.2) is 39.1 Å². The second-order valence-electron chi connectivity index (χ2n) is 3.84. The van der Waals surface area contributed by atoms with E-state index in [1.54, 1.807) is 4.90 Å². The first-order chi connectivity index (χ1) is 8.81. The molecule has 6 nitrogen and oxygen atoms in total. The number of benzene rings is 1. The lowest BCUT2D eigenvalue weighted by Crippen LogP contribution is -2.35. The van der Waals surface area contributed by atoms with Crippen LogP contribution in [0.15, 0.2) is 36.7 Å². The molecule has 1 heterocycles. The number of hydrogen-bond donors (Lipinski definition) is 2. The van der Waals surface area contributed by atoms with E-state index in [-0.39, 0.29) is 11.7 Å². The highest BCUT2D eigenvalue weighted by Gasteiger charge is 2.17. The highest BCUT2D eigenvalue weighted by molar-refractivity contribution is 5.90. The largest absolute Gasteiger partial charge is 0.330 e. The van der Waals surface area contributed by atoms with Gasteiger partial charge in [0.2, 0.25) is 5.82 Å². The lowest BCUT2D eigenvalue weighted by molar-refractivity contribution is 0.0736. The van der Waals surface area contributed by atoms with E-state index in [0.717, 1.165) is 5.56 Å². The lowest BCUT2D eigenvalue weighted by Gasteiger charge is -2.20. The standard InChI is InChI=1S/C12H15N5O/c13-6-7-17(8-10-4-2-1-3-5-10)12(18)11-14-9-15-16-11/h1-5,9H,6-8,13H2,(H,14,15,16). The van der Waals surface area contributed by atoms with E-state index in [0.29, 0.717) is 19.6 Å². The molecule has 0 bridgehead atoms. The third-order valence-electron chi connectivity index (χ3n) is 2.52. The van der Waals surface area contributed by atoms with Crippen LogP contribution in [0.5, 0.6) is 0 Å². The molecular formula is C12H15N5O. The summed E-state index contributed by atoms with van der Waals surface area (Å²) in [7, 11) is 0. The molecule has 0 fully saturated rings. The Balaban J connectivity index is 2.11. The monoisotopic (exact) mass is 245 g/mol. The second kappa shape index (κ2) is 5.92. The number of nitrogens with zero attached hydrogens (tertiary/aromatic N) is 3. The molecule has 0 aliphatic carbocycles. The van der Waals surface area contributed by atoms with Crippen LogP contribution in [0, 0.1) is 0 Å². The van der Waals surface area contributed by atoms with E-state index in [9.17, 15) is 4.79 Å². The van der Waals surface area contributed by atoms with Crippen molar-refractivity contribution in [1.82, 2.24) is 20.1 Å². The first-order valence-electron chi connectivity index (χ1n) is 5.70. The number of hydrogen-bond acceptors (Lipinski definition) is 4. The van der Waals surface area contributed by atoms with Crippen molar-refractivity contribution in [3.05, 3.63) is 48.0 Å². The fourth-order valence-corrected chi connectivity index (χ4v) is 1.67.